The van der Waals surface area contributed by atoms with E-state index in [9.17, 15) is 0 Å². The molecule has 1 atom stereocenters. The van der Waals surface area contributed by atoms with Crippen molar-refractivity contribution in [2.45, 2.75) is 12.3 Å². The highest BCUT2D eigenvalue weighted by Crippen LogP contribution is 2.35. The van der Waals surface area contributed by atoms with Crippen molar-refractivity contribution in [3.63, 3.8) is 0 Å². The fourth-order valence-corrected chi connectivity index (χ4v) is 3.24. The van der Waals surface area contributed by atoms with Crippen LogP contribution in [0.4, 0.5) is 0 Å². The standard InChI is InChI=1S/C18H18Cl2N2.ClH/c1-21-9-7-13(12-5-6-16(19)17(20)11-12)14-3-2-4-18-15(14)8-10-22-18;/h2-6,8,10-11,13,21-22H,7,9H2,1H3;1H/t13-;/m0./s1. The maximum atomic E-state index is 6.22. The van der Waals surface area contributed by atoms with Crippen LogP contribution in [0.2, 0.25) is 10.0 Å². The second kappa shape index (κ2) is 8.07. The summed E-state index contributed by atoms with van der Waals surface area (Å²) in [6.45, 7) is 0.936. The maximum Gasteiger partial charge on any atom is 0.0595 e. The molecule has 0 unspecified atom stereocenters. The van der Waals surface area contributed by atoms with Crippen LogP contribution in [0, 0.1) is 0 Å². The number of aromatic nitrogens is 1. The molecule has 1 aromatic heterocycles. The number of aromatic amines is 1. The number of rotatable bonds is 5. The molecule has 0 fully saturated rings. The van der Waals surface area contributed by atoms with Crippen LogP contribution in [0.25, 0.3) is 10.9 Å². The Hall–Kier alpha value is -1.19. The van der Waals surface area contributed by atoms with Crippen molar-refractivity contribution >= 4 is 46.5 Å². The Labute approximate surface area is 152 Å². The largest absolute Gasteiger partial charge is 0.361 e. The van der Waals surface area contributed by atoms with Gasteiger partial charge in [0, 0.05) is 23.0 Å². The number of fused-ring (bicyclic) bond motifs is 1. The molecule has 2 aromatic carbocycles. The van der Waals surface area contributed by atoms with Gasteiger partial charge in [0.25, 0.3) is 0 Å². The molecule has 0 bridgehead atoms. The molecule has 0 aliphatic heterocycles. The predicted octanol–water partition coefficient (Wildman–Crippen LogP) is 5.64. The smallest absolute Gasteiger partial charge is 0.0595 e. The zero-order chi connectivity index (χ0) is 15.5. The molecule has 3 aromatic rings. The third kappa shape index (κ3) is 3.84. The van der Waals surface area contributed by atoms with Gasteiger partial charge in [-0.3, -0.25) is 0 Å². The van der Waals surface area contributed by atoms with Gasteiger partial charge in [0.05, 0.1) is 10.0 Å². The minimum atomic E-state index is 0. The minimum Gasteiger partial charge on any atom is -0.361 e. The highest BCUT2D eigenvalue weighted by Gasteiger charge is 2.17. The summed E-state index contributed by atoms with van der Waals surface area (Å²) >= 11 is 12.3. The molecular weight excluding hydrogens is 351 g/mol. The Morgan fingerprint density at radius 1 is 1.09 bits per heavy atom. The third-order valence-corrected chi connectivity index (χ3v) is 4.77. The first-order valence-electron chi connectivity index (χ1n) is 7.36. The van der Waals surface area contributed by atoms with Crippen LogP contribution in [-0.4, -0.2) is 18.6 Å². The van der Waals surface area contributed by atoms with E-state index >= 15 is 0 Å². The Morgan fingerprint density at radius 2 is 1.91 bits per heavy atom. The molecule has 122 valence electrons. The summed E-state index contributed by atoms with van der Waals surface area (Å²) in [5, 5.41) is 5.70. The fourth-order valence-electron chi connectivity index (χ4n) is 2.93. The number of H-pyrrole nitrogens is 1. The monoisotopic (exact) mass is 368 g/mol. The predicted molar refractivity (Wildman–Crippen MR) is 102 cm³/mol. The molecule has 3 rings (SSSR count). The molecule has 0 radical (unpaired) electrons. The summed E-state index contributed by atoms with van der Waals surface area (Å²) in [4.78, 5) is 3.28. The molecule has 23 heavy (non-hydrogen) atoms. The molecule has 2 nitrogen and oxygen atoms in total. The summed E-state index contributed by atoms with van der Waals surface area (Å²) in [6.07, 6.45) is 2.98. The average Bonchev–Trinajstić information content (AvgIpc) is 3.00. The second-order valence-corrected chi connectivity index (χ2v) is 6.22. The molecule has 1 heterocycles. The summed E-state index contributed by atoms with van der Waals surface area (Å²) in [5.74, 6) is 0.279. The fraction of sp³-hybridized carbons (Fsp3) is 0.222. The zero-order valence-electron chi connectivity index (χ0n) is 12.8. The average molecular weight is 370 g/mol. The molecule has 0 amide bonds. The van der Waals surface area contributed by atoms with E-state index in [1.807, 2.05) is 25.4 Å². The van der Waals surface area contributed by atoms with Crippen molar-refractivity contribution in [2.75, 3.05) is 13.6 Å². The van der Waals surface area contributed by atoms with Gasteiger partial charge in [0.2, 0.25) is 0 Å². The van der Waals surface area contributed by atoms with Crippen LogP contribution in [0.5, 0.6) is 0 Å². The van der Waals surface area contributed by atoms with Gasteiger partial charge in [-0.25, -0.2) is 0 Å². The van der Waals surface area contributed by atoms with E-state index in [1.54, 1.807) is 0 Å². The lowest BCUT2D eigenvalue weighted by Crippen LogP contribution is -2.13. The van der Waals surface area contributed by atoms with E-state index in [0.29, 0.717) is 10.0 Å². The highest BCUT2D eigenvalue weighted by molar-refractivity contribution is 6.42. The van der Waals surface area contributed by atoms with Crippen molar-refractivity contribution in [3.8, 4) is 0 Å². The Balaban J connectivity index is 0.00000192. The quantitative estimate of drug-likeness (QED) is 0.598. The van der Waals surface area contributed by atoms with E-state index in [0.717, 1.165) is 18.5 Å². The lowest BCUT2D eigenvalue weighted by Gasteiger charge is -2.19. The lowest BCUT2D eigenvalue weighted by atomic mass is 9.86. The molecule has 0 aliphatic rings. The van der Waals surface area contributed by atoms with E-state index in [2.05, 4.69) is 40.6 Å². The van der Waals surface area contributed by atoms with Crippen molar-refractivity contribution in [2.24, 2.45) is 0 Å². The van der Waals surface area contributed by atoms with Gasteiger partial charge in [-0.15, -0.1) is 12.4 Å². The molecule has 0 saturated carbocycles. The van der Waals surface area contributed by atoms with Gasteiger partial charge in [-0.2, -0.15) is 0 Å². The van der Waals surface area contributed by atoms with Crippen LogP contribution in [0.15, 0.2) is 48.7 Å². The SMILES string of the molecule is CNCC[C@@H](c1ccc(Cl)c(Cl)c1)c1cccc2[nH]ccc12.Cl. The number of nitrogens with one attached hydrogen (secondary N) is 2. The van der Waals surface area contributed by atoms with E-state index in [1.165, 1.54) is 16.5 Å². The molecule has 5 heteroatoms. The molecule has 0 saturated heterocycles. The summed E-state index contributed by atoms with van der Waals surface area (Å²) in [7, 11) is 1.97. The summed E-state index contributed by atoms with van der Waals surface area (Å²) in [5.41, 5.74) is 3.66. The van der Waals surface area contributed by atoms with Crippen LogP contribution in [0.1, 0.15) is 23.5 Å². The van der Waals surface area contributed by atoms with Gasteiger partial charge in [0.15, 0.2) is 0 Å². The summed E-state index contributed by atoms with van der Waals surface area (Å²) < 4.78 is 0. The van der Waals surface area contributed by atoms with Crippen LogP contribution < -0.4 is 5.32 Å². The molecule has 0 spiro atoms. The van der Waals surface area contributed by atoms with Crippen LogP contribution >= 0.6 is 35.6 Å². The first-order valence-corrected chi connectivity index (χ1v) is 8.12. The Kier molecular flexibility index (Phi) is 6.37. The molecular formula is C18H19Cl3N2. The van der Waals surface area contributed by atoms with Crippen molar-refractivity contribution in [3.05, 3.63) is 69.8 Å². The Morgan fingerprint density at radius 3 is 2.65 bits per heavy atom. The topological polar surface area (TPSA) is 27.8 Å². The first-order chi connectivity index (χ1) is 10.7. The van der Waals surface area contributed by atoms with Gasteiger partial charge < -0.3 is 10.3 Å². The van der Waals surface area contributed by atoms with E-state index < -0.39 is 0 Å². The summed E-state index contributed by atoms with van der Waals surface area (Å²) in [6, 6.07) is 14.5. The highest BCUT2D eigenvalue weighted by atomic mass is 35.5. The molecule has 0 aliphatic carbocycles. The van der Waals surface area contributed by atoms with Crippen molar-refractivity contribution in [1.29, 1.82) is 0 Å². The first kappa shape index (κ1) is 18.2. The zero-order valence-corrected chi connectivity index (χ0v) is 15.1. The number of hydrogen-bond donors (Lipinski definition) is 2. The van der Waals surface area contributed by atoms with Crippen LogP contribution in [0.3, 0.4) is 0 Å². The molecule has 2 N–H and O–H groups in total. The van der Waals surface area contributed by atoms with Crippen molar-refractivity contribution < 1.29 is 0 Å². The normalized spacial score (nSPS) is 12.1. The van der Waals surface area contributed by atoms with E-state index in [4.69, 9.17) is 23.2 Å². The van der Waals surface area contributed by atoms with Gasteiger partial charge in [-0.05, 0) is 55.4 Å². The maximum absolute atomic E-state index is 6.22. The van der Waals surface area contributed by atoms with Crippen molar-refractivity contribution in [1.82, 2.24) is 10.3 Å². The lowest BCUT2D eigenvalue weighted by molar-refractivity contribution is 0.664. The number of hydrogen-bond acceptors (Lipinski definition) is 1. The Bertz CT molecular complexity index is 783. The van der Waals surface area contributed by atoms with Crippen LogP contribution in [-0.2, 0) is 0 Å². The number of benzene rings is 2. The van der Waals surface area contributed by atoms with Gasteiger partial charge in [0.1, 0.15) is 0 Å². The van der Waals surface area contributed by atoms with Gasteiger partial charge >= 0.3 is 0 Å². The van der Waals surface area contributed by atoms with E-state index in [-0.39, 0.29) is 18.3 Å². The number of halogens is 3. The third-order valence-electron chi connectivity index (χ3n) is 4.03. The van der Waals surface area contributed by atoms with Gasteiger partial charge in [-0.1, -0.05) is 41.4 Å². The minimum absolute atomic E-state index is 0. The second-order valence-electron chi connectivity index (χ2n) is 5.40.